The van der Waals surface area contributed by atoms with Crippen LogP contribution in [-0.4, -0.2) is 31.7 Å². The van der Waals surface area contributed by atoms with Crippen LogP contribution in [0.2, 0.25) is 0 Å². The molecule has 1 fully saturated rings. The number of hydrogen-bond donors (Lipinski definition) is 1. The summed E-state index contributed by atoms with van der Waals surface area (Å²) < 4.78 is 24.8. The van der Waals surface area contributed by atoms with E-state index in [9.17, 15) is 9.18 Å². The molecular weight excluding hydrogens is 419 g/mol. The van der Waals surface area contributed by atoms with E-state index in [0.717, 1.165) is 24.8 Å². The third-order valence-electron chi connectivity index (χ3n) is 7.15. The standard InChI is InChI=1S/C27H29FN2O3/c1-19-16-20-4-2-3-5-24(20)30(19)17-25-23(10-13-33-25)26(31)29-18-27(11-14-32-15-12-27)21-6-8-22(28)9-7-21/h2-10,13,19H,11-12,14-18H2,1H3,(H,29,31). The second kappa shape index (κ2) is 9.02. The molecule has 1 unspecified atom stereocenters. The van der Waals surface area contributed by atoms with Gasteiger partial charge in [-0.25, -0.2) is 4.39 Å². The van der Waals surface area contributed by atoms with Gasteiger partial charge in [0.15, 0.2) is 0 Å². The van der Waals surface area contributed by atoms with Gasteiger partial charge in [0.05, 0.1) is 18.4 Å². The SMILES string of the molecule is CC1Cc2ccccc2N1Cc1occc1C(=O)NCC1(c2ccc(F)cc2)CCOCC1. The van der Waals surface area contributed by atoms with Gasteiger partial charge in [0.2, 0.25) is 0 Å². The van der Waals surface area contributed by atoms with Crippen LogP contribution >= 0.6 is 0 Å². The zero-order chi connectivity index (χ0) is 22.8. The van der Waals surface area contributed by atoms with Gasteiger partial charge >= 0.3 is 0 Å². The summed E-state index contributed by atoms with van der Waals surface area (Å²) in [6, 6.07) is 17.1. The van der Waals surface area contributed by atoms with Gasteiger partial charge in [0, 0.05) is 36.9 Å². The van der Waals surface area contributed by atoms with E-state index >= 15 is 0 Å². The van der Waals surface area contributed by atoms with Crippen LogP contribution in [0.25, 0.3) is 0 Å². The summed E-state index contributed by atoms with van der Waals surface area (Å²) in [5, 5.41) is 3.14. The fourth-order valence-corrected chi connectivity index (χ4v) is 5.17. The lowest BCUT2D eigenvalue weighted by molar-refractivity contribution is 0.0487. The van der Waals surface area contributed by atoms with E-state index in [-0.39, 0.29) is 17.1 Å². The Balaban J connectivity index is 1.32. The minimum Gasteiger partial charge on any atom is -0.467 e. The van der Waals surface area contributed by atoms with Crippen molar-refractivity contribution in [2.75, 3.05) is 24.7 Å². The quantitative estimate of drug-likeness (QED) is 0.586. The first kappa shape index (κ1) is 21.7. The van der Waals surface area contributed by atoms with Crippen molar-refractivity contribution >= 4 is 11.6 Å². The Morgan fingerprint density at radius 2 is 1.88 bits per heavy atom. The fourth-order valence-electron chi connectivity index (χ4n) is 5.17. The van der Waals surface area contributed by atoms with Crippen LogP contribution in [0, 0.1) is 5.82 Å². The van der Waals surface area contributed by atoms with Crippen molar-refractivity contribution in [3.8, 4) is 0 Å². The van der Waals surface area contributed by atoms with Gasteiger partial charge in [-0.1, -0.05) is 30.3 Å². The second-order valence-electron chi connectivity index (χ2n) is 9.15. The van der Waals surface area contributed by atoms with E-state index in [0.29, 0.717) is 43.7 Å². The number of amides is 1. The maximum atomic E-state index is 13.5. The zero-order valence-corrected chi connectivity index (χ0v) is 18.9. The maximum Gasteiger partial charge on any atom is 0.254 e. The summed E-state index contributed by atoms with van der Waals surface area (Å²) in [6.07, 6.45) is 4.13. The van der Waals surface area contributed by atoms with Crippen molar-refractivity contribution in [1.82, 2.24) is 5.32 Å². The van der Waals surface area contributed by atoms with Crippen molar-refractivity contribution in [2.45, 2.75) is 44.2 Å². The van der Waals surface area contributed by atoms with Crippen LogP contribution in [0.5, 0.6) is 0 Å². The predicted octanol–water partition coefficient (Wildman–Crippen LogP) is 4.85. The fraction of sp³-hybridized carbons (Fsp3) is 0.370. The largest absolute Gasteiger partial charge is 0.467 e. The first-order valence-electron chi connectivity index (χ1n) is 11.6. The number of carbonyl (C=O) groups is 1. The number of hydrogen-bond acceptors (Lipinski definition) is 4. The zero-order valence-electron chi connectivity index (χ0n) is 18.9. The summed E-state index contributed by atoms with van der Waals surface area (Å²) in [4.78, 5) is 15.5. The number of fused-ring (bicyclic) bond motifs is 1. The van der Waals surface area contributed by atoms with Crippen molar-refractivity contribution in [2.24, 2.45) is 0 Å². The topological polar surface area (TPSA) is 54.7 Å². The number of carbonyl (C=O) groups excluding carboxylic acids is 1. The minimum absolute atomic E-state index is 0.146. The molecule has 0 radical (unpaired) electrons. The van der Waals surface area contributed by atoms with Crippen LogP contribution < -0.4 is 10.2 Å². The molecule has 1 N–H and O–H groups in total. The number of furan rings is 1. The number of para-hydroxylation sites is 1. The lowest BCUT2D eigenvalue weighted by Gasteiger charge is -2.38. The van der Waals surface area contributed by atoms with Crippen molar-refractivity contribution in [3.63, 3.8) is 0 Å². The van der Waals surface area contributed by atoms with E-state index in [1.165, 1.54) is 23.4 Å². The van der Waals surface area contributed by atoms with Crippen LogP contribution in [-0.2, 0) is 23.1 Å². The number of ether oxygens (including phenoxy) is 1. The lowest BCUT2D eigenvalue weighted by atomic mass is 9.74. The Morgan fingerprint density at radius 1 is 1.12 bits per heavy atom. The summed E-state index contributed by atoms with van der Waals surface area (Å²) in [5.41, 5.74) is 3.84. The Hall–Kier alpha value is -3.12. The number of halogens is 1. The highest BCUT2D eigenvalue weighted by Gasteiger charge is 2.35. The van der Waals surface area contributed by atoms with Gasteiger partial charge in [-0.15, -0.1) is 0 Å². The summed E-state index contributed by atoms with van der Waals surface area (Å²) in [6.45, 7) is 4.45. The molecule has 2 aliphatic heterocycles. The summed E-state index contributed by atoms with van der Waals surface area (Å²) >= 11 is 0. The molecule has 0 spiro atoms. The molecule has 3 heterocycles. The smallest absolute Gasteiger partial charge is 0.254 e. The Bertz CT molecular complexity index is 1120. The molecule has 172 valence electrons. The molecule has 5 nitrogen and oxygen atoms in total. The number of rotatable bonds is 6. The molecule has 6 heteroatoms. The predicted molar refractivity (Wildman–Crippen MR) is 125 cm³/mol. The van der Waals surface area contributed by atoms with Gasteiger partial charge in [-0.05, 0) is 61.6 Å². The van der Waals surface area contributed by atoms with E-state index in [1.54, 1.807) is 12.3 Å². The van der Waals surface area contributed by atoms with Gasteiger partial charge < -0.3 is 19.4 Å². The van der Waals surface area contributed by atoms with Crippen LogP contribution in [0.3, 0.4) is 0 Å². The molecule has 1 saturated heterocycles. The average Bonchev–Trinajstić information content (AvgIpc) is 3.43. The molecule has 33 heavy (non-hydrogen) atoms. The van der Waals surface area contributed by atoms with Gasteiger partial charge in [0.1, 0.15) is 11.6 Å². The van der Waals surface area contributed by atoms with Crippen molar-refractivity contribution in [3.05, 3.63) is 89.1 Å². The molecule has 0 aliphatic carbocycles. The number of benzene rings is 2. The molecule has 1 amide bonds. The van der Waals surface area contributed by atoms with E-state index < -0.39 is 0 Å². The highest BCUT2D eigenvalue weighted by Crippen LogP contribution is 2.35. The molecule has 1 aromatic heterocycles. The number of nitrogens with one attached hydrogen (secondary N) is 1. The van der Waals surface area contributed by atoms with E-state index in [2.05, 4.69) is 35.3 Å². The molecule has 2 aromatic carbocycles. The molecular formula is C27H29FN2O3. The highest BCUT2D eigenvalue weighted by atomic mass is 19.1. The highest BCUT2D eigenvalue weighted by molar-refractivity contribution is 5.95. The molecule has 0 bridgehead atoms. The molecule has 5 rings (SSSR count). The third-order valence-corrected chi connectivity index (χ3v) is 7.15. The van der Waals surface area contributed by atoms with Crippen molar-refractivity contribution in [1.29, 1.82) is 0 Å². The van der Waals surface area contributed by atoms with Gasteiger partial charge in [0.25, 0.3) is 5.91 Å². The number of nitrogens with zero attached hydrogens (tertiary/aromatic N) is 1. The summed E-state index contributed by atoms with van der Waals surface area (Å²) in [7, 11) is 0. The molecule has 1 atom stereocenters. The third kappa shape index (κ3) is 4.27. The Kier molecular flexibility index (Phi) is 5.94. The summed E-state index contributed by atoms with van der Waals surface area (Å²) in [5.74, 6) is 0.261. The van der Waals surface area contributed by atoms with E-state index in [1.807, 2.05) is 18.2 Å². The molecule has 2 aliphatic rings. The van der Waals surface area contributed by atoms with E-state index in [4.69, 9.17) is 9.15 Å². The maximum absolute atomic E-state index is 13.5. The minimum atomic E-state index is -0.270. The molecule has 3 aromatic rings. The lowest BCUT2D eigenvalue weighted by Crippen LogP contribution is -2.44. The number of anilines is 1. The average molecular weight is 449 g/mol. The molecule has 0 saturated carbocycles. The van der Waals surface area contributed by atoms with Gasteiger partial charge in [-0.3, -0.25) is 4.79 Å². The Morgan fingerprint density at radius 3 is 2.67 bits per heavy atom. The second-order valence-corrected chi connectivity index (χ2v) is 9.15. The first-order valence-corrected chi connectivity index (χ1v) is 11.6. The van der Waals surface area contributed by atoms with Crippen LogP contribution in [0.4, 0.5) is 10.1 Å². The van der Waals surface area contributed by atoms with Crippen LogP contribution in [0.1, 0.15) is 47.0 Å². The Labute approximate surface area is 193 Å². The van der Waals surface area contributed by atoms with Crippen LogP contribution in [0.15, 0.2) is 65.3 Å². The monoisotopic (exact) mass is 448 g/mol. The first-order chi connectivity index (χ1) is 16.1. The van der Waals surface area contributed by atoms with Crippen molar-refractivity contribution < 1.29 is 18.3 Å². The normalized spacial score (nSPS) is 19.3. The van der Waals surface area contributed by atoms with Gasteiger partial charge in [-0.2, -0.15) is 0 Å².